The summed E-state index contributed by atoms with van der Waals surface area (Å²) in [5, 5.41) is 7.04. The molecule has 1 aliphatic heterocycles. The van der Waals surface area contributed by atoms with Gasteiger partial charge in [-0.1, -0.05) is 29.4 Å². The standard InChI is InChI=1S/C23H20N4O4/c1-14-24-22(26-31-14)23(11-4-12-23)25-19(28)16-9-7-15(8-10-16)13-27-20(29)17-5-2-3-6-18(17)21(27)30/h2-3,5-10H,4,11-13H2,1H3,(H,25,28). The van der Waals surface area contributed by atoms with E-state index in [4.69, 9.17) is 4.52 Å². The monoisotopic (exact) mass is 416 g/mol. The van der Waals surface area contributed by atoms with Crippen LogP contribution in [0.2, 0.25) is 0 Å². The van der Waals surface area contributed by atoms with E-state index >= 15 is 0 Å². The van der Waals surface area contributed by atoms with Gasteiger partial charge in [-0.3, -0.25) is 19.3 Å². The lowest BCUT2D eigenvalue weighted by Crippen LogP contribution is -2.51. The van der Waals surface area contributed by atoms with Crippen molar-refractivity contribution in [2.75, 3.05) is 0 Å². The van der Waals surface area contributed by atoms with Crippen molar-refractivity contribution in [3.63, 3.8) is 0 Å². The molecule has 3 amide bonds. The Kier molecular flexibility index (Phi) is 4.43. The summed E-state index contributed by atoms with van der Waals surface area (Å²) in [5.74, 6) is 0.142. The molecule has 0 bridgehead atoms. The Morgan fingerprint density at radius 3 is 2.23 bits per heavy atom. The minimum absolute atomic E-state index is 0.153. The van der Waals surface area contributed by atoms with Gasteiger partial charge in [-0.15, -0.1) is 0 Å². The Bertz CT molecular complexity index is 1160. The largest absolute Gasteiger partial charge is 0.340 e. The van der Waals surface area contributed by atoms with Crippen LogP contribution >= 0.6 is 0 Å². The van der Waals surface area contributed by atoms with Crippen LogP contribution in [-0.2, 0) is 12.1 Å². The third-order valence-electron chi connectivity index (χ3n) is 5.95. The maximum atomic E-state index is 12.8. The zero-order valence-corrected chi connectivity index (χ0v) is 16.9. The van der Waals surface area contributed by atoms with Gasteiger partial charge < -0.3 is 9.84 Å². The van der Waals surface area contributed by atoms with Crippen LogP contribution < -0.4 is 5.32 Å². The summed E-state index contributed by atoms with van der Waals surface area (Å²) in [6, 6.07) is 13.7. The van der Waals surface area contributed by atoms with E-state index in [2.05, 4.69) is 15.5 Å². The molecule has 2 aliphatic rings. The van der Waals surface area contributed by atoms with Crippen LogP contribution in [0.5, 0.6) is 0 Å². The first-order valence-corrected chi connectivity index (χ1v) is 10.1. The molecule has 1 aliphatic carbocycles. The molecule has 5 rings (SSSR count). The molecule has 8 nitrogen and oxygen atoms in total. The summed E-state index contributed by atoms with van der Waals surface area (Å²) in [7, 11) is 0. The van der Waals surface area contributed by atoms with Crippen LogP contribution in [-0.4, -0.2) is 32.8 Å². The molecule has 156 valence electrons. The second kappa shape index (κ2) is 7.16. The summed E-state index contributed by atoms with van der Waals surface area (Å²) in [4.78, 5) is 43.4. The first-order valence-electron chi connectivity index (χ1n) is 10.1. The molecule has 0 atom stereocenters. The number of carbonyl (C=O) groups excluding carboxylic acids is 3. The lowest BCUT2D eigenvalue weighted by Gasteiger charge is -2.39. The fraction of sp³-hybridized carbons (Fsp3) is 0.261. The first-order chi connectivity index (χ1) is 15.0. The summed E-state index contributed by atoms with van der Waals surface area (Å²) in [6.45, 7) is 1.87. The van der Waals surface area contributed by atoms with Gasteiger partial charge in [0.05, 0.1) is 17.7 Å². The van der Waals surface area contributed by atoms with Crippen molar-refractivity contribution in [3.8, 4) is 0 Å². The highest BCUT2D eigenvalue weighted by Crippen LogP contribution is 2.40. The minimum atomic E-state index is -0.590. The summed E-state index contributed by atoms with van der Waals surface area (Å²) >= 11 is 0. The van der Waals surface area contributed by atoms with Crippen molar-refractivity contribution >= 4 is 17.7 Å². The quantitative estimate of drug-likeness (QED) is 0.641. The Morgan fingerprint density at radius 1 is 1.06 bits per heavy atom. The molecule has 1 fully saturated rings. The summed E-state index contributed by atoms with van der Waals surface area (Å²) in [6.07, 6.45) is 2.50. The van der Waals surface area contributed by atoms with Gasteiger partial charge in [0.2, 0.25) is 5.89 Å². The maximum absolute atomic E-state index is 12.8. The molecule has 31 heavy (non-hydrogen) atoms. The molecule has 2 aromatic carbocycles. The van der Waals surface area contributed by atoms with Crippen molar-refractivity contribution in [3.05, 3.63) is 82.5 Å². The summed E-state index contributed by atoms with van der Waals surface area (Å²) in [5.41, 5.74) is 1.50. The number of hydrogen-bond acceptors (Lipinski definition) is 6. The fourth-order valence-electron chi connectivity index (χ4n) is 4.04. The Balaban J connectivity index is 1.29. The maximum Gasteiger partial charge on any atom is 0.261 e. The number of benzene rings is 2. The van der Waals surface area contributed by atoms with Crippen LogP contribution in [0.25, 0.3) is 0 Å². The van der Waals surface area contributed by atoms with E-state index in [-0.39, 0.29) is 24.3 Å². The molecule has 0 unspecified atom stereocenters. The fourth-order valence-corrected chi connectivity index (χ4v) is 4.04. The number of aromatic nitrogens is 2. The lowest BCUT2D eigenvalue weighted by atomic mass is 9.76. The van der Waals surface area contributed by atoms with Gasteiger partial charge in [0, 0.05) is 12.5 Å². The first kappa shape index (κ1) is 19.2. The highest BCUT2D eigenvalue weighted by Gasteiger charge is 2.44. The van der Waals surface area contributed by atoms with Crippen molar-refractivity contribution < 1.29 is 18.9 Å². The molecule has 1 saturated carbocycles. The number of rotatable bonds is 5. The van der Waals surface area contributed by atoms with Crippen molar-refractivity contribution in [1.29, 1.82) is 0 Å². The molecule has 0 saturated heterocycles. The third kappa shape index (κ3) is 3.20. The molecular weight excluding hydrogens is 396 g/mol. The van der Waals surface area contributed by atoms with Gasteiger partial charge in [0.1, 0.15) is 5.54 Å². The van der Waals surface area contributed by atoms with E-state index in [1.165, 1.54) is 4.90 Å². The van der Waals surface area contributed by atoms with Crippen LogP contribution in [0.4, 0.5) is 0 Å². The summed E-state index contributed by atoms with van der Waals surface area (Å²) < 4.78 is 5.08. The second-order valence-electron chi connectivity index (χ2n) is 7.97. The normalized spacial score (nSPS) is 16.7. The molecule has 2 heterocycles. The predicted molar refractivity (Wildman–Crippen MR) is 109 cm³/mol. The second-order valence-corrected chi connectivity index (χ2v) is 7.97. The number of nitrogens with zero attached hydrogens (tertiary/aromatic N) is 3. The number of hydrogen-bond donors (Lipinski definition) is 1. The highest BCUT2D eigenvalue weighted by atomic mass is 16.5. The van der Waals surface area contributed by atoms with Crippen LogP contribution in [0, 0.1) is 6.92 Å². The van der Waals surface area contributed by atoms with E-state index in [0.717, 1.165) is 24.8 Å². The van der Waals surface area contributed by atoms with Crippen LogP contribution in [0.15, 0.2) is 53.1 Å². The number of fused-ring (bicyclic) bond motifs is 1. The van der Waals surface area contributed by atoms with E-state index in [1.807, 2.05) is 0 Å². The van der Waals surface area contributed by atoms with Gasteiger partial charge in [-0.25, -0.2) is 0 Å². The molecular formula is C23H20N4O4. The third-order valence-corrected chi connectivity index (χ3v) is 5.95. The van der Waals surface area contributed by atoms with E-state index in [0.29, 0.717) is 28.4 Å². The molecule has 1 aromatic heterocycles. The van der Waals surface area contributed by atoms with Crippen molar-refractivity contribution in [1.82, 2.24) is 20.4 Å². The van der Waals surface area contributed by atoms with Crippen molar-refractivity contribution in [2.24, 2.45) is 0 Å². The van der Waals surface area contributed by atoms with Crippen molar-refractivity contribution in [2.45, 2.75) is 38.3 Å². The zero-order chi connectivity index (χ0) is 21.6. The SMILES string of the molecule is Cc1nc(C2(NC(=O)c3ccc(CN4C(=O)c5ccccc5C4=O)cc3)CCC2)no1. The van der Waals surface area contributed by atoms with Gasteiger partial charge in [0.15, 0.2) is 5.82 Å². The molecule has 3 aromatic rings. The Morgan fingerprint density at radius 2 is 1.71 bits per heavy atom. The highest BCUT2D eigenvalue weighted by molar-refractivity contribution is 6.21. The van der Waals surface area contributed by atoms with Gasteiger partial charge in [-0.05, 0) is 49.1 Å². The van der Waals surface area contributed by atoms with Gasteiger partial charge in [0.25, 0.3) is 17.7 Å². The predicted octanol–water partition coefficient (Wildman–Crippen LogP) is 2.98. The van der Waals surface area contributed by atoms with E-state index < -0.39 is 5.54 Å². The smallest absolute Gasteiger partial charge is 0.261 e. The number of aryl methyl sites for hydroxylation is 1. The molecule has 0 spiro atoms. The Labute approximate surface area is 178 Å². The number of nitrogens with one attached hydrogen (secondary N) is 1. The Hall–Kier alpha value is -3.81. The van der Waals surface area contributed by atoms with Crippen LogP contribution in [0.1, 0.15) is 67.6 Å². The minimum Gasteiger partial charge on any atom is -0.340 e. The van der Waals surface area contributed by atoms with Crippen LogP contribution in [0.3, 0.4) is 0 Å². The van der Waals surface area contributed by atoms with E-state index in [9.17, 15) is 14.4 Å². The number of carbonyl (C=O) groups is 3. The van der Waals surface area contributed by atoms with Gasteiger partial charge in [-0.2, -0.15) is 4.98 Å². The molecule has 0 radical (unpaired) electrons. The average Bonchev–Trinajstić information content (AvgIpc) is 3.29. The zero-order valence-electron chi connectivity index (χ0n) is 16.9. The lowest BCUT2D eigenvalue weighted by molar-refractivity contribution is 0.0641. The van der Waals surface area contributed by atoms with E-state index in [1.54, 1.807) is 55.5 Å². The number of imide groups is 1. The molecule has 8 heteroatoms. The molecule has 1 N–H and O–H groups in total. The topological polar surface area (TPSA) is 105 Å². The number of amides is 3. The van der Waals surface area contributed by atoms with Gasteiger partial charge >= 0.3 is 0 Å². The average molecular weight is 416 g/mol.